The van der Waals surface area contributed by atoms with Gasteiger partial charge in [-0.25, -0.2) is 9.67 Å². The number of hydrogen-bond donors (Lipinski definition) is 2. The van der Waals surface area contributed by atoms with Crippen LogP contribution in [-0.4, -0.2) is 48.0 Å². The van der Waals surface area contributed by atoms with Crippen LogP contribution in [0.3, 0.4) is 0 Å². The summed E-state index contributed by atoms with van der Waals surface area (Å²) in [7, 11) is 5.09. The number of rotatable bonds is 6. The predicted octanol–water partition coefficient (Wildman–Crippen LogP) is 1.88. The summed E-state index contributed by atoms with van der Waals surface area (Å²) < 4.78 is 13.3. The molecule has 0 spiro atoms. The van der Waals surface area contributed by atoms with Gasteiger partial charge < -0.3 is 20.1 Å². The molecule has 0 saturated carbocycles. The second kappa shape index (κ2) is 9.18. The molecule has 9 heteroatoms. The molecule has 8 nitrogen and oxygen atoms in total. The number of methoxy groups -OCH3 is 2. The quantitative estimate of drug-likeness (QED) is 0.530. The molecule has 2 N–H and O–H groups in total. The van der Waals surface area contributed by atoms with Gasteiger partial charge in [-0.15, -0.1) is 0 Å². The van der Waals surface area contributed by atoms with Crippen LogP contribution in [0.2, 0.25) is 0 Å². The fourth-order valence-electron chi connectivity index (χ4n) is 3.06. The number of fused-ring (bicyclic) bond motifs is 1. The molecule has 3 rings (SSSR count). The van der Waals surface area contributed by atoms with Crippen molar-refractivity contribution in [1.82, 2.24) is 25.4 Å². The zero-order chi connectivity index (χ0) is 19.2. The van der Waals surface area contributed by atoms with Gasteiger partial charge in [0.2, 0.25) is 0 Å². The average molecular weight is 437 g/mol. The van der Waals surface area contributed by atoms with Gasteiger partial charge in [0, 0.05) is 33.2 Å². The molecule has 2 heterocycles. The highest BCUT2D eigenvalue weighted by Crippen LogP contribution is 2.25. The minimum atomic E-state index is 0.253. The summed E-state index contributed by atoms with van der Waals surface area (Å²) >= 11 is 3.52. The molecule has 0 radical (unpaired) electrons. The summed E-state index contributed by atoms with van der Waals surface area (Å²) in [6.07, 6.45) is 1.87. The lowest BCUT2D eigenvalue weighted by atomic mass is 10.1. The first-order valence-corrected chi connectivity index (χ1v) is 9.63. The molecule has 0 saturated heterocycles. The maximum absolute atomic E-state index is 5.27. The van der Waals surface area contributed by atoms with E-state index < -0.39 is 0 Å². The third-order valence-electron chi connectivity index (χ3n) is 4.42. The molecule has 0 bridgehead atoms. The SMILES string of the molecule is CN=C(NCc1ccc(OC)c(Br)c1)NC1CCc2nc(COC)nn2C1. The summed E-state index contributed by atoms with van der Waals surface area (Å²) in [6, 6.07) is 6.27. The number of aromatic nitrogens is 3. The molecule has 1 aromatic carbocycles. The molecule has 146 valence electrons. The van der Waals surface area contributed by atoms with Gasteiger partial charge in [0.05, 0.1) is 18.1 Å². The number of guanidine groups is 1. The van der Waals surface area contributed by atoms with Crippen molar-refractivity contribution >= 4 is 21.9 Å². The van der Waals surface area contributed by atoms with Gasteiger partial charge in [0.1, 0.15) is 18.2 Å². The molecule has 1 atom stereocenters. The maximum atomic E-state index is 5.27. The van der Waals surface area contributed by atoms with Gasteiger partial charge in [0.15, 0.2) is 11.8 Å². The first-order chi connectivity index (χ1) is 13.1. The Hall–Kier alpha value is -2.13. The highest BCUT2D eigenvalue weighted by Gasteiger charge is 2.22. The lowest BCUT2D eigenvalue weighted by Crippen LogP contribution is -2.46. The summed E-state index contributed by atoms with van der Waals surface area (Å²) in [5.41, 5.74) is 1.14. The van der Waals surface area contributed by atoms with E-state index in [0.717, 1.165) is 52.8 Å². The highest BCUT2D eigenvalue weighted by atomic mass is 79.9. The van der Waals surface area contributed by atoms with Crippen LogP contribution < -0.4 is 15.4 Å². The summed E-state index contributed by atoms with van der Waals surface area (Å²) in [5, 5.41) is 11.3. The van der Waals surface area contributed by atoms with Crippen LogP contribution in [0.25, 0.3) is 0 Å². The maximum Gasteiger partial charge on any atom is 0.191 e. The lowest BCUT2D eigenvalue weighted by molar-refractivity contribution is 0.177. The topological polar surface area (TPSA) is 85.6 Å². The van der Waals surface area contributed by atoms with E-state index in [0.29, 0.717) is 13.2 Å². The Kier molecular flexibility index (Phi) is 6.68. The molecule has 0 fully saturated rings. The van der Waals surface area contributed by atoms with Gasteiger partial charge >= 0.3 is 0 Å². The van der Waals surface area contributed by atoms with Crippen molar-refractivity contribution in [1.29, 1.82) is 0 Å². The van der Waals surface area contributed by atoms with Crippen molar-refractivity contribution in [3.05, 3.63) is 39.9 Å². The van der Waals surface area contributed by atoms with Crippen molar-refractivity contribution in [2.24, 2.45) is 4.99 Å². The van der Waals surface area contributed by atoms with E-state index in [2.05, 4.69) is 41.6 Å². The first-order valence-electron chi connectivity index (χ1n) is 8.84. The van der Waals surface area contributed by atoms with Crippen molar-refractivity contribution in [3.8, 4) is 5.75 Å². The Morgan fingerprint density at radius 1 is 1.41 bits per heavy atom. The predicted molar refractivity (Wildman–Crippen MR) is 107 cm³/mol. The van der Waals surface area contributed by atoms with E-state index in [1.54, 1.807) is 21.3 Å². The Labute approximate surface area is 167 Å². The number of benzene rings is 1. The summed E-state index contributed by atoms with van der Waals surface area (Å²) in [4.78, 5) is 8.85. The molecular weight excluding hydrogens is 412 g/mol. The molecule has 0 aliphatic carbocycles. The number of hydrogen-bond acceptors (Lipinski definition) is 5. The number of halogens is 1. The van der Waals surface area contributed by atoms with Crippen molar-refractivity contribution in [3.63, 3.8) is 0 Å². The van der Waals surface area contributed by atoms with E-state index in [4.69, 9.17) is 9.47 Å². The van der Waals surface area contributed by atoms with Crippen LogP contribution in [0.15, 0.2) is 27.7 Å². The van der Waals surface area contributed by atoms with Gasteiger partial charge in [-0.3, -0.25) is 4.99 Å². The summed E-state index contributed by atoms with van der Waals surface area (Å²) in [5.74, 6) is 3.35. The van der Waals surface area contributed by atoms with Crippen LogP contribution >= 0.6 is 15.9 Å². The second-order valence-corrected chi connectivity index (χ2v) is 7.19. The van der Waals surface area contributed by atoms with Crippen LogP contribution in [-0.2, 0) is 30.9 Å². The molecule has 1 aliphatic heterocycles. The zero-order valence-electron chi connectivity index (χ0n) is 15.8. The Balaban J connectivity index is 1.55. The molecule has 27 heavy (non-hydrogen) atoms. The summed E-state index contributed by atoms with van der Waals surface area (Å²) in [6.45, 7) is 1.88. The van der Waals surface area contributed by atoms with Crippen LogP contribution in [0, 0.1) is 0 Å². The third-order valence-corrected chi connectivity index (χ3v) is 5.04. The Bertz CT molecular complexity index is 807. The van der Waals surface area contributed by atoms with Crippen LogP contribution in [0.4, 0.5) is 0 Å². The number of ether oxygens (including phenoxy) is 2. The average Bonchev–Trinajstić information content (AvgIpc) is 3.07. The Morgan fingerprint density at radius 2 is 2.26 bits per heavy atom. The molecule has 1 aliphatic rings. The molecule has 1 aromatic heterocycles. The van der Waals surface area contributed by atoms with E-state index in [1.807, 2.05) is 22.9 Å². The second-order valence-electron chi connectivity index (χ2n) is 6.33. The first kappa shape index (κ1) is 19.6. The van der Waals surface area contributed by atoms with E-state index in [9.17, 15) is 0 Å². The highest BCUT2D eigenvalue weighted by molar-refractivity contribution is 9.10. The van der Waals surface area contributed by atoms with Crippen LogP contribution in [0.1, 0.15) is 23.6 Å². The largest absolute Gasteiger partial charge is 0.496 e. The molecular formula is C18H25BrN6O2. The molecule has 2 aromatic rings. The van der Waals surface area contributed by atoms with Gasteiger partial charge in [-0.05, 0) is 40.0 Å². The third kappa shape index (κ3) is 4.98. The number of nitrogens with one attached hydrogen (secondary N) is 2. The van der Waals surface area contributed by atoms with Gasteiger partial charge in [0.25, 0.3) is 0 Å². The number of aliphatic imine (C=N–C) groups is 1. The normalized spacial score (nSPS) is 16.7. The smallest absolute Gasteiger partial charge is 0.191 e. The monoisotopic (exact) mass is 436 g/mol. The van der Waals surface area contributed by atoms with Crippen molar-refractivity contribution in [2.75, 3.05) is 21.3 Å². The lowest BCUT2D eigenvalue weighted by Gasteiger charge is -2.25. The molecule has 1 unspecified atom stereocenters. The minimum Gasteiger partial charge on any atom is -0.496 e. The fraction of sp³-hybridized carbons (Fsp3) is 0.500. The van der Waals surface area contributed by atoms with E-state index in [-0.39, 0.29) is 6.04 Å². The fourth-order valence-corrected chi connectivity index (χ4v) is 3.65. The minimum absolute atomic E-state index is 0.253. The standard InChI is InChI=1S/C18H25BrN6O2/c1-20-18(21-9-12-4-6-15(27-3)14(19)8-12)22-13-5-7-17-23-16(11-26-2)24-25(17)10-13/h4,6,8,13H,5,7,9-11H2,1-3H3,(H2,20,21,22). The van der Waals surface area contributed by atoms with Crippen molar-refractivity contribution < 1.29 is 9.47 Å². The van der Waals surface area contributed by atoms with Crippen molar-refractivity contribution in [2.45, 2.75) is 38.6 Å². The molecule has 0 amide bonds. The van der Waals surface area contributed by atoms with Gasteiger partial charge in [-0.2, -0.15) is 5.10 Å². The Morgan fingerprint density at radius 3 is 2.96 bits per heavy atom. The van der Waals surface area contributed by atoms with Gasteiger partial charge in [-0.1, -0.05) is 6.07 Å². The van der Waals surface area contributed by atoms with Crippen LogP contribution in [0.5, 0.6) is 5.75 Å². The number of nitrogens with zero attached hydrogens (tertiary/aromatic N) is 4. The zero-order valence-corrected chi connectivity index (χ0v) is 17.4. The van der Waals surface area contributed by atoms with E-state index in [1.165, 1.54) is 0 Å². The number of aryl methyl sites for hydroxylation is 1. The van der Waals surface area contributed by atoms with E-state index >= 15 is 0 Å².